The number of β-lactam (4-membered cyclic amide) rings is 1. The second-order valence-electron chi connectivity index (χ2n) is 10.3. The van der Waals surface area contributed by atoms with Gasteiger partial charge in [-0.15, -0.1) is 23.1 Å². The third kappa shape index (κ3) is 5.30. The summed E-state index contributed by atoms with van der Waals surface area (Å²) in [4.78, 5) is 69.8. The van der Waals surface area contributed by atoms with Crippen LogP contribution in [-0.2, 0) is 24.0 Å². The van der Waals surface area contributed by atoms with Crippen molar-refractivity contribution in [2.75, 3.05) is 17.2 Å². The number of aromatic hydroxyl groups is 2. The molecule has 3 atom stereocenters. The molecule has 0 radical (unpaired) electrons. The van der Waals surface area contributed by atoms with Crippen LogP contribution < -0.4 is 16.8 Å². The number of rotatable bonds is 10. The van der Waals surface area contributed by atoms with Crippen molar-refractivity contribution in [1.82, 2.24) is 25.2 Å². The van der Waals surface area contributed by atoms with Gasteiger partial charge in [-0.25, -0.2) is 19.6 Å². The van der Waals surface area contributed by atoms with Gasteiger partial charge >= 0.3 is 11.9 Å². The van der Waals surface area contributed by atoms with Crippen LogP contribution in [0.4, 0.5) is 10.9 Å². The van der Waals surface area contributed by atoms with Gasteiger partial charge in [-0.3, -0.25) is 14.5 Å². The minimum atomic E-state index is -1.91. The smallest absolute Gasteiger partial charge is 0.353 e. The number of carboxylic acids is 2. The summed E-state index contributed by atoms with van der Waals surface area (Å²) >= 11 is 7.24. The number of H-pyrrole nitrogens is 1. The summed E-state index contributed by atoms with van der Waals surface area (Å²) in [6, 6.07) is 8.37. The van der Waals surface area contributed by atoms with Gasteiger partial charge in [0.1, 0.15) is 28.4 Å². The number of thioether (sulfide) groups is 1. The first-order valence-electron chi connectivity index (χ1n) is 13.5. The molecule has 1 fully saturated rings. The molecular weight excluding hydrogens is 689 g/mol. The fourth-order valence-electron chi connectivity index (χ4n) is 5.15. The van der Waals surface area contributed by atoms with Crippen molar-refractivity contribution >= 4 is 86.7 Å². The highest BCUT2D eigenvalue weighted by Gasteiger charge is 2.65. The van der Waals surface area contributed by atoms with Crippen molar-refractivity contribution in [2.45, 2.75) is 17.0 Å². The maximum atomic E-state index is 13.8. The molecule has 48 heavy (non-hydrogen) atoms. The zero-order chi connectivity index (χ0) is 34.5. The number of carbonyl (C=O) groups is 4. The lowest BCUT2D eigenvalue weighted by molar-refractivity contribution is -0.153. The highest BCUT2D eigenvalue weighted by molar-refractivity contribution is 8.00. The molecule has 6 rings (SSSR count). The Balaban J connectivity index is 1.33. The van der Waals surface area contributed by atoms with Gasteiger partial charge in [-0.1, -0.05) is 29.5 Å². The summed E-state index contributed by atoms with van der Waals surface area (Å²) in [6.45, 7) is 0. The Morgan fingerprint density at radius 1 is 1.19 bits per heavy atom. The number of aromatic nitrogens is 3. The van der Waals surface area contributed by atoms with E-state index in [4.69, 9.17) is 28.5 Å². The quantitative estimate of drug-likeness (QED) is 0.0379. The van der Waals surface area contributed by atoms with E-state index in [2.05, 4.69) is 25.4 Å². The van der Waals surface area contributed by atoms with Crippen LogP contribution in [0.3, 0.4) is 0 Å². The van der Waals surface area contributed by atoms with Crippen molar-refractivity contribution in [2.24, 2.45) is 5.16 Å². The van der Waals surface area contributed by atoms with Crippen molar-refractivity contribution in [3.63, 3.8) is 0 Å². The fourth-order valence-corrected chi connectivity index (χ4v) is 7.51. The number of nitrogens with zero attached hydrogens (tertiary/aromatic N) is 4. The van der Waals surface area contributed by atoms with Gasteiger partial charge in [0.15, 0.2) is 27.9 Å². The summed E-state index contributed by atoms with van der Waals surface area (Å²) in [5.41, 5.74) is 10.1. The minimum absolute atomic E-state index is 0.0248. The van der Waals surface area contributed by atoms with Gasteiger partial charge in [0.2, 0.25) is 6.10 Å². The third-order valence-corrected chi connectivity index (χ3v) is 9.84. The molecule has 1 unspecified atom stereocenters. The average Bonchev–Trinajstić information content (AvgIpc) is 3.71. The molecule has 3 aliphatic heterocycles. The second kappa shape index (κ2) is 12.1. The van der Waals surface area contributed by atoms with E-state index in [1.54, 1.807) is 18.2 Å². The molecule has 20 heteroatoms. The molecular formula is C28H22N8O9S3. The number of aliphatic carboxylic acids is 2. The topological polar surface area (TPSA) is 280 Å². The second-order valence-corrected chi connectivity index (χ2v) is 12.5. The predicted octanol–water partition coefficient (Wildman–Crippen LogP) is 1.36. The number of thiazole rings is 1. The average molecular weight is 711 g/mol. The largest absolute Gasteiger partial charge is 0.504 e. The summed E-state index contributed by atoms with van der Waals surface area (Å²) in [5, 5.41) is 47.0. The van der Waals surface area contributed by atoms with E-state index in [0.29, 0.717) is 11.3 Å². The standard InChI is InChI=1S/C28H22N8O9S3/c29-20-11-2-1-3-13(11)31-21(33-20)12-7-47-26-28(9-46,25(44)36(26)18(12)23(40)41)34-22(39)17(14-8-48-27(30)32-14)35-45-19(24(42)43)10-4-5-15(37)16(38)6-10/h1-6,8-9,19,26,37-38H,7,29H2,(H2,30,32)(H,31,33)(H,34,39)(H,40,41)(H,42,43)/t19-,26+,28?/m1/s1. The number of aromatic amines is 1. The van der Waals surface area contributed by atoms with E-state index in [-0.39, 0.29) is 45.1 Å². The maximum absolute atomic E-state index is 13.8. The molecule has 0 saturated carbocycles. The first-order chi connectivity index (χ1) is 22.9. The van der Waals surface area contributed by atoms with Gasteiger partial charge in [0.25, 0.3) is 11.8 Å². The molecule has 1 aromatic carbocycles. The number of carbonyl (C=O) groups excluding carboxylic acids is 2. The van der Waals surface area contributed by atoms with E-state index in [1.807, 2.05) is 0 Å². The SMILES string of the molecule is Nc1nc(C(=NO[C@@H](C(=O)O)c2ccc(O)c(O)c2)C(=O)NC2(C=S)C(=O)N3C(C(=O)O)=C(c4nc(N)c5cccc-5[nH]4)CS[C@H]32)cs1. The van der Waals surface area contributed by atoms with Gasteiger partial charge < -0.3 is 47.0 Å². The highest BCUT2D eigenvalue weighted by Crippen LogP contribution is 2.48. The van der Waals surface area contributed by atoms with E-state index in [1.165, 1.54) is 5.38 Å². The number of fused-ring (bicyclic) bond motifs is 2. The zero-order valence-corrected chi connectivity index (χ0v) is 26.4. The van der Waals surface area contributed by atoms with Gasteiger partial charge in [0.05, 0.1) is 5.69 Å². The molecule has 2 amide bonds. The lowest BCUT2D eigenvalue weighted by atomic mass is 9.87. The number of thiocarbonyl (C=S) groups is 1. The molecule has 4 aliphatic rings. The van der Waals surface area contributed by atoms with Crippen molar-refractivity contribution in [3.8, 4) is 22.8 Å². The Kier molecular flexibility index (Phi) is 8.14. The zero-order valence-electron chi connectivity index (χ0n) is 24.0. The first kappa shape index (κ1) is 32.2. The van der Waals surface area contributed by atoms with Crippen molar-refractivity contribution in [1.29, 1.82) is 0 Å². The molecule has 246 valence electrons. The molecule has 0 bridgehead atoms. The van der Waals surface area contributed by atoms with Crippen LogP contribution in [0.15, 0.2) is 52.6 Å². The Morgan fingerprint density at radius 2 is 1.96 bits per heavy atom. The number of nitrogens with two attached hydrogens (primary N) is 2. The molecule has 1 saturated heterocycles. The summed E-state index contributed by atoms with van der Waals surface area (Å²) in [6.07, 6.45) is -1.86. The van der Waals surface area contributed by atoms with E-state index in [0.717, 1.165) is 51.6 Å². The number of carboxylic acid groups (broad SMARTS) is 2. The first-order valence-corrected chi connectivity index (χ1v) is 15.9. The van der Waals surface area contributed by atoms with Crippen LogP contribution in [0.5, 0.6) is 11.5 Å². The van der Waals surface area contributed by atoms with Crippen LogP contribution in [-0.4, -0.2) is 91.8 Å². The van der Waals surface area contributed by atoms with E-state index in [9.17, 15) is 39.6 Å². The van der Waals surface area contributed by atoms with Crippen molar-refractivity contribution in [3.05, 3.63) is 64.6 Å². The molecule has 1 aromatic heterocycles. The number of hydrogen-bond acceptors (Lipinski definition) is 15. The van der Waals surface area contributed by atoms with Crippen LogP contribution >= 0.6 is 35.3 Å². The lowest BCUT2D eigenvalue weighted by Gasteiger charge is -2.55. The molecule has 0 spiro atoms. The van der Waals surface area contributed by atoms with E-state index < -0.39 is 58.0 Å². The lowest BCUT2D eigenvalue weighted by Crippen LogP contribution is -2.80. The molecule has 2 aromatic rings. The highest BCUT2D eigenvalue weighted by atomic mass is 32.2. The van der Waals surface area contributed by atoms with Crippen LogP contribution in [0.1, 0.15) is 23.2 Å². The van der Waals surface area contributed by atoms with Crippen LogP contribution in [0.2, 0.25) is 0 Å². The minimum Gasteiger partial charge on any atom is -0.504 e. The van der Waals surface area contributed by atoms with Gasteiger partial charge in [0, 0.05) is 33.2 Å². The van der Waals surface area contributed by atoms with Gasteiger partial charge in [-0.05, 0) is 24.3 Å². The summed E-state index contributed by atoms with van der Waals surface area (Å²) < 4.78 is 0. The third-order valence-electron chi connectivity index (χ3n) is 7.44. The molecule has 17 nitrogen and oxygen atoms in total. The number of nitrogen functional groups attached to an aromatic ring is 2. The fraction of sp³-hybridized carbons (Fsp3) is 0.143. The van der Waals surface area contributed by atoms with E-state index >= 15 is 0 Å². The Morgan fingerprint density at radius 3 is 2.60 bits per heavy atom. The number of amides is 2. The monoisotopic (exact) mass is 710 g/mol. The normalized spacial score (nSPS) is 19.8. The number of anilines is 2. The number of nitrogens with one attached hydrogen (secondary N) is 2. The van der Waals surface area contributed by atoms with Crippen LogP contribution in [0.25, 0.3) is 16.8 Å². The molecule has 4 heterocycles. The number of benzene rings is 1. The maximum Gasteiger partial charge on any atom is 0.353 e. The number of hydrogen-bond donors (Lipinski definition) is 8. The van der Waals surface area contributed by atoms with Crippen molar-refractivity contribution < 1.29 is 44.4 Å². The Hall–Kier alpha value is -5.73. The number of phenolic OH excluding ortho intramolecular Hbond substituents is 2. The Bertz CT molecular complexity index is 2060. The number of phenols is 2. The predicted molar refractivity (Wildman–Crippen MR) is 176 cm³/mol. The molecule has 10 N–H and O–H groups in total. The van der Waals surface area contributed by atoms with Crippen LogP contribution in [0, 0.1) is 0 Å². The summed E-state index contributed by atoms with van der Waals surface area (Å²) in [5.74, 6) is -5.75. The summed E-state index contributed by atoms with van der Waals surface area (Å²) in [7, 11) is 0. The number of oxime groups is 1. The van der Waals surface area contributed by atoms with Gasteiger partial charge in [-0.2, -0.15) is 0 Å². The Labute approximate surface area is 282 Å². The molecule has 1 aliphatic carbocycles.